The quantitative estimate of drug-likeness (QED) is 0.886. The average molecular weight is 272 g/mol. The lowest BCUT2D eigenvalue weighted by Gasteiger charge is -2.15. The first-order valence-corrected chi connectivity index (χ1v) is 5.68. The maximum Gasteiger partial charge on any atom is 0.164 e. The minimum absolute atomic E-state index is 0.0937. The maximum atomic E-state index is 9.65. The monoisotopic (exact) mass is 271 g/mol. The van der Waals surface area contributed by atoms with Crippen molar-refractivity contribution in [3.05, 3.63) is 22.2 Å². The Labute approximate surface area is 97.4 Å². The molecule has 1 saturated carbocycles. The van der Waals surface area contributed by atoms with Crippen LogP contribution in [0.2, 0.25) is 0 Å². The van der Waals surface area contributed by atoms with Crippen LogP contribution in [0.15, 0.2) is 16.6 Å². The van der Waals surface area contributed by atoms with E-state index in [2.05, 4.69) is 15.9 Å². The third-order valence-corrected chi connectivity index (χ3v) is 3.55. The van der Waals surface area contributed by atoms with Gasteiger partial charge in [-0.2, -0.15) is 0 Å². The smallest absolute Gasteiger partial charge is 0.164 e. The molecule has 0 atom stereocenters. The average Bonchev–Trinajstić information content (AvgIpc) is 2.91. The molecule has 0 radical (unpaired) electrons. The van der Waals surface area contributed by atoms with Crippen molar-refractivity contribution in [3.8, 4) is 11.5 Å². The summed E-state index contributed by atoms with van der Waals surface area (Å²) in [7, 11) is 1.56. The van der Waals surface area contributed by atoms with E-state index in [4.69, 9.17) is 10.5 Å². The number of ether oxygens (including phenoxy) is 1. The lowest BCUT2D eigenvalue weighted by atomic mass is 10.0. The molecule has 0 bridgehead atoms. The summed E-state index contributed by atoms with van der Waals surface area (Å²) < 4.78 is 6.13. The van der Waals surface area contributed by atoms with Gasteiger partial charge in [0.15, 0.2) is 11.5 Å². The third kappa shape index (κ3) is 2.11. The van der Waals surface area contributed by atoms with Crippen LogP contribution < -0.4 is 10.5 Å². The third-order valence-electron chi connectivity index (χ3n) is 2.81. The molecule has 0 aliphatic heterocycles. The molecule has 15 heavy (non-hydrogen) atoms. The number of nitrogens with two attached hydrogens (primary N) is 1. The van der Waals surface area contributed by atoms with E-state index in [9.17, 15) is 5.11 Å². The summed E-state index contributed by atoms with van der Waals surface area (Å²) >= 11 is 3.46. The maximum absolute atomic E-state index is 9.65. The summed E-state index contributed by atoms with van der Waals surface area (Å²) in [5.41, 5.74) is 6.93. The fourth-order valence-corrected chi connectivity index (χ4v) is 2.13. The molecule has 0 saturated heterocycles. The first kappa shape index (κ1) is 10.8. The van der Waals surface area contributed by atoms with Gasteiger partial charge < -0.3 is 15.6 Å². The number of hydrogen-bond acceptors (Lipinski definition) is 3. The number of phenolic OH excluding ortho intramolecular Hbond substituents is 1. The summed E-state index contributed by atoms with van der Waals surface area (Å²) in [5.74, 6) is 0.695. The summed E-state index contributed by atoms with van der Waals surface area (Å²) in [6.45, 7) is 0. The van der Waals surface area contributed by atoms with Crippen LogP contribution in [0.5, 0.6) is 11.5 Å². The number of methoxy groups -OCH3 is 1. The van der Waals surface area contributed by atoms with E-state index in [0.29, 0.717) is 5.75 Å². The predicted octanol–water partition coefficient (Wildman–Crippen LogP) is 2.20. The highest BCUT2D eigenvalue weighted by Gasteiger charge is 2.39. The molecule has 1 aliphatic rings. The van der Waals surface area contributed by atoms with Gasteiger partial charge in [0.25, 0.3) is 0 Å². The highest BCUT2D eigenvalue weighted by molar-refractivity contribution is 9.10. The Hall–Kier alpha value is -0.740. The van der Waals surface area contributed by atoms with Crippen molar-refractivity contribution in [2.24, 2.45) is 5.73 Å². The van der Waals surface area contributed by atoms with Crippen molar-refractivity contribution in [1.82, 2.24) is 0 Å². The number of rotatable bonds is 3. The highest BCUT2D eigenvalue weighted by Crippen LogP contribution is 2.42. The van der Waals surface area contributed by atoms with Crippen LogP contribution >= 0.6 is 15.9 Å². The largest absolute Gasteiger partial charge is 0.504 e. The van der Waals surface area contributed by atoms with Crippen LogP contribution in [0.1, 0.15) is 18.4 Å². The van der Waals surface area contributed by atoms with Crippen LogP contribution in [0, 0.1) is 0 Å². The topological polar surface area (TPSA) is 55.5 Å². The first-order chi connectivity index (χ1) is 7.06. The molecule has 1 aromatic carbocycles. The Morgan fingerprint density at radius 2 is 2.20 bits per heavy atom. The van der Waals surface area contributed by atoms with E-state index in [1.165, 1.54) is 0 Å². The van der Waals surface area contributed by atoms with Crippen molar-refractivity contribution >= 4 is 15.9 Å². The Morgan fingerprint density at radius 3 is 2.73 bits per heavy atom. The zero-order valence-electron chi connectivity index (χ0n) is 8.59. The predicted molar refractivity (Wildman–Crippen MR) is 62.2 cm³/mol. The van der Waals surface area contributed by atoms with Gasteiger partial charge in [-0.15, -0.1) is 0 Å². The number of halogens is 1. The van der Waals surface area contributed by atoms with Gasteiger partial charge in [0.1, 0.15) is 0 Å². The lowest BCUT2D eigenvalue weighted by molar-refractivity contribution is 0.367. The second kappa shape index (κ2) is 3.68. The molecule has 1 aromatic rings. The highest BCUT2D eigenvalue weighted by atomic mass is 79.9. The van der Waals surface area contributed by atoms with Crippen LogP contribution in [0.4, 0.5) is 0 Å². The molecule has 0 spiro atoms. The van der Waals surface area contributed by atoms with Gasteiger partial charge in [0, 0.05) is 15.6 Å². The zero-order valence-corrected chi connectivity index (χ0v) is 10.2. The SMILES string of the molecule is COc1c(O)ccc(Br)c1CC1(N)CC1. The minimum Gasteiger partial charge on any atom is -0.504 e. The summed E-state index contributed by atoms with van der Waals surface area (Å²) in [6.07, 6.45) is 2.82. The Morgan fingerprint density at radius 1 is 1.53 bits per heavy atom. The molecule has 0 heterocycles. The van der Waals surface area contributed by atoms with Crippen LogP contribution in [0.25, 0.3) is 0 Å². The standard InChI is InChI=1S/C11H14BrNO2/c1-15-10-7(6-11(13)4-5-11)8(12)2-3-9(10)14/h2-3,14H,4-6,13H2,1H3. The van der Waals surface area contributed by atoms with Crippen molar-refractivity contribution in [3.63, 3.8) is 0 Å². The van der Waals surface area contributed by atoms with E-state index >= 15 is 0 Å². The van der Waals surface area contributed by atoms with Gasteiger partial charge in [0.05, 0.1) is 7.11 Å². The van der Waals surface area contributed by atoms with Gasteiger partial charge in [-0.1, -0.05) is 15.9 Å². The van der Waals surface area contributed by atoms with Crippen molar-refractivity contribution in [2.45, 2.75) is 24.8 Å². The van der Waals surface area contributed by atoms with Gasteiger partial charge in [0.2, 0.25) is 0 Å². The van der Waals surface area contributed by atoms with Crippen molar-refractivity contribution < 1.29 is 9.84 Å². The van der Waals surface area contributed by atoms with E-state index < -0.39 is 0 Å². The second-order valence-electron chi connectivity index (χ2n) is 4.12. The molecule has 3 nitrogen and oxygen atoms in total. The van der Waals surface area contributed by atoms with Crippen LogP contribution in [-0.4, -0.2) is 17.8 Å². The molecule has 0 aromatic heterocycles. The van der Waals surface area contributed by atoms with Gasteiger partial charge in [-0.25, -0.2) is 0 Å². The zero-order chi connectivity index (χ0) is 11.1. The molecule has 0 amide bonds. The summed E-state index contributed by atoms with van der Waals surface area (Å²) in [4.78, 5) is 0. The fourth-order valence-electron chi connectivity index (χ4n) is 1.67. The molecule has 82 valence electrons. The fraction of sp³-hybridized carbons (Fsp3) is 0.455. The van der Waals surface area contributed by atoms with Crippen LogP contribution in [0.3, 0.4) is 0 Å². The number of phenols is 1. The van der Waals surface area contributed by atoms with Crippen molar-refractivity contribution in [2.75, 3.05) is 7.11 Å². The molecule has 2 rings (SSSR count). The number of benzene rings is 1. The van der Waals surface area contributed by atoms with Crippen molar-refractivity contribution in [1.29, 1.82) is 0 Å². The molecule has 0 unspecified atom stereocenters. The summed E-state index contributed by atoms with van der Waals surface area (Å²) in [6, 6.07) is 3.43. The normalized spacial score (nSPS) is 17.5. The van der Waals surface area contributed by atoms with E-state index in [1.54, 1.807) is 13.2 Å². The molecule has 4 heteroatoms. The first-order valence-electron chi connectivity index (χ1n) is 4.89. The molecular formula is C11H14BrNO2. The minimum atomic E-state index is -0.0937. The lowest BCUT2D eigenvalue weighted by Crippen LogP contribution is -2.25. The molecule has 1 fully saturated rings. The van der Waals surface area contributed by atoms with Gasteiger partial charge >= 0.3 is 0 Å². The molecule has 1 aliphatic carbocycles. The Bertz CT molecular complexity index is 388. The number of aromatic hydroxyl groups is 1. The van der Waals surface area contributed by atoms with E-state index in [1.807, 2.05) is 6.07 Å². The number of hydrogen-bond donors (Lipinski definition) is 2. The second-order valence-corrected chi connectivity index (χ2v) is 4.97. The Balaban J connectivity index is 2.38. The molecule has 3 N–H and O–H groups in total. The Kier molecular flexibility index (Phi) is 2.64. The van der Waals surface area contributed by atoms with Gasteiger partial charge in [-0.05, 0) is 31.4 Å². The van der Waals surface area contributed by atoms with E-state index in [0.717, 1.165) is 29.3 Å². The van der Waals surface area contributed by atoms with Gasteiger partial charge in [-0.3, -0.25) is 0 Å². The van der Waals surface area contributed by atoms with E-state index in [-0.39, 0.29) is 11.3 Å². The molecular weight excluding hydrogens is 258 g/mol. The van der Waals surface area contributed by atoms with Crippen LogP contribution in [-0.2, 0) is 6.42 Å². The summed E-state index contributed by atoms with van der Waals surface area (Å²) in [5, 5.41) is 9.65.